The highest BCUT2D eigenvalue weighted by Gasteiger charge is 2.86. The van der Waals surface area contributed by atoms with Gasteiger partial charge in [0, 0.05) is 0 Å². The highest BCUT2D eigenvalue weighted by atomic mass is 19.4. The summed E-state index contributed by atoms with van der Waals surface area (Å²) in [5.41, 5.74) is -5.29. The van der Waals surface area contributed by atoms with Gasteiger partial charge in [-0.05, 0) is 0 Å². The molecule has 0 bridgehead atoms. The summed E-state index contributed by atoms with van der Waals surface area (Å²) in [6.07, 6.45) is -7.13. The van der Waals surface area contributed by atoms with E-state index in [-0.39, 0.29) is 0 Å². The molecule has 0 rings (SSSR count). The van der Waals surface area contributed by atoms with Crippen molar-refractivity contribution in [2.24, 2.45) is 0 Å². The number of halogens is 11. The van der Waals surface area contributed by atoms with Gasteiger partial charge in [-0.25, -0.2) is 8.78 Å². The van der Waals surface area contributed by atoms with Crippen LogP contribution in [0.1, 0.15) is 0 Å². The summed E-state index contributed by atoms with van der Waals surface area (Å²) >= 11 is 0. The molecule has 116 valence electrons. The molecule has 12 heteroatoms. The standard InChI is InChI=1S/C7H5F11O/c8-1-3(9,2-19)4(10,11)5(12,13)6(14,15)7(16,17)18/h19H,1-2H2. The Morgan fingerprint density at radius 2 is 1.00 bits per heavy atom. The molecule has 0 aliphatic heterocycles. The van der Waals surface area contributed by atoms with Crippen LogP contribution in [-0.2, 0) is 0 Å². The molecule has 0 aromatic rings. The van der Waals surface area contributed by atoms with E-state index >= 15 is 0 Å². The van der Waals surface area contributed by atoms with E-state index in [2.05, 4.69) is 0 Å². The molecule has 0 amide bonds. The third-order valence-corrected chi connectivity index (χ3v) is 2.17. The Hall–Kier alpha value is -0.810. The van der Waals surface area contributed by atoms with Crippen LogP contribution in [-0.4, -0.2) is 48.0 Å². The maximum atomic E-state index is 12.9. The van der Waals surface area contributed by atoms with Crippen LogP contribution in [0.3, 0.4) is 0 Å². The van der Waals surface area contributed by atoms with Crippen LogP contribution in [0.5, 0.6) is 0 Å². The van der Waals surface area contributed by atoms with E-state index in [4.69, 9.17) is 5.11 Å². The first-order valence-corrected chi connectivity index (χ1v) is 4.18. The Morgan fingerprint density at radius 3 is 1.21 bits per heavy atom. The van der Waals surface area contributed by atoms with Crippen LogP contribution >= 0.6 is 0 Å². The Bertz CT molecular complexity index is 315. The zero-order valence-electron chi connectivity index (χ0n) is 8.52. The molecular formula is C7H5F11O. The van der Waals surface area contributed by atoms with Crippen molar-refractivity contribution in [2.75, 3.05) is 13.3 Å². The molecule has 0 spiro atoms. The fourth-order valence-corrected chi connectivity index (χ4v) is 0.882. The van der Waals surface area contributed by atoms with Gasteiger partial charge in [0.2, 0.25) is 5.67 Å². The lowest BCUT2D eigenvalue weighted by molar-refractivity contribution is -0.413. The van der Waals surface area contributed by atoms with Gasteiger partial charge in [-0.3, -0.25) is 0 Å². The van der Waals surface area contributed by atoms with Crippen molar-refractivity contribution in [3.63, 3.8) is 0 Å². The van der Waals surface area contributed by atoms with Gasteiger partial charge in [0.15, 0.2) is 0 Å². The van der Waals surface area contributed by atoms with Gasteiger partial charge < -0.3 is 5.11 Å². The summed E-state index contributed by atoms with van der Waals surface area (Å²) in [5.74, 6) is -21.4. The van der Waals surface area contributed by atoms with Crippen LogP contribution in [0, 0.1) is 0 Å². The first-order valence-electron chi connectivity index (χ1n) is 4.18. The summed E-state index contributed by atoms with van der Waals surface area (Å²) in [5, 5.41) is 8.00. The molecular weight excluding hydrogens is 309 g/mol. The lowest BCUT2D eigenvalue weighted by Gasteiger charge is -2.38. The average molecular weight is 314 g/mol. The fourth-order valence-electron chi connectivity index (χ4n) is 0.882. The molecule has 1 nitrogen and oxygen atoms in total. The molecule has 0 aliphatic carbocycles. The Balaban J connectivity index is 5.90. The molecule has 0 aliphatic rings. The van der Waals surface area contributed by atoms with E-state index in [1.807, 2.05) is 0 Å². The second-order valence-corrected chi connectivity index (χ2v) is 3.48. The molecule has 0 saturated carbocycles. The molecule has 0 aromatic carbocycles. The van der Waals surface area contributed by atoms with E-state index in [1.54, 1.807) is 0 Å². The predicted molar refractivity (Wildman–Crippen MR) is 37.8 cm³/mol. The molecule has 0 saturated heterocycles. The third kappa shape index (κ3) is 2.34. The lowest BCUT2D eigenvalue weighted by Crippen LogP contribution is -2.68. The van der Waals surface area contributed by atoms with Crippen molar-refractivity contribution in [1.29, 1.82) is 0 Å². The van der Waals surface area contributed by atoms with Crippen LogP contribution in [0.15, 0.2) is 0 Å². The average Bonchev–Trinajstić information content (AvgIpc) is 2.25. The van der Waals surface area contributed by atoms with E-state index in [1.165, 1.54) is 0 Å². The predicted octanol–water partition coefficient (Wildman–Crippen LogP) is 3.12. The normalized spacial score (nSPS) is 18.3. The van der Waals surface area contributed by atoms with Gasteiger partial charge in [0.1, 0.15) is 6.67 Å². The molecule has 1 atom stereocenters. The smallest absolute Gasteiger partial charge is 0.393 e. The fraction of sp³-hybridized carbons (Fsp3) is 1.00. The van der Waals surface area contributed by atoms with E-state index < -0.39 is 42.9 Å². The monoisotopic (exact) mass is 314 g/mol. The topological polar surface area (TPSA) is 20.2 Å². The Labute approximate surface area is 97.5 Å². The van der Waals surface area contributed by atoms with Crippen molar-refractivity contribution < 1.29 is 53.4 Å². The number of alkyl halides is 11. The van der Waals surface area contributed by atoms with Crippen molar-refractivity contribution >= 4 is 0 Å². The minimum absolute atomic E-state index is 2.72. The second-order valence-electron chi connectivity index (χ2n) is 3.48. The van der Waals surface area contributed by atoms with Crippen LogP contribution in [0.4, 0.5) is 48.3 Å². The Morgan fingerprint density at radius 1 is 0.632 bits per heavy atom. The minimum atomic E-state index is -7.33. The minimum Gasteiger partial charge on any atom is -0.393 e. The SMILES string of the molecule is OCC(F)(CF)C(F)(F)C(F)(F)C(F)(F)C(F)(F)F. The third-order valence-electron chi connectivity index (χ3n) is 2.17. The zero-order valence-corrected chi connectivity index (χ0v) is 8.52. The van der Waals surface area contributed by atoms with Gasteiger partial charge in [-0.15, -0.1) is 0 Å². The number of hydrogen-bond acceptors (Lipinski definition) is 1. The van der Waals surface area contributed by atoms with Gasteiger partial charge in [0.25, 0.3) is 0 Å². The molecule has 0 radical (unpaired) electrons. The summed E-state index contributed by atoms with van der Waals surface area (Å²) in [6, 6.07) is 0. The van der Waals surface area contributed by atoms with Gasteiger partial charge in [0.05, 0.1) is 6.61 Å². The zero-order chi connectivity index (χ0) is 15.9. The molecule has 0 heterocycles. The van der Waals surface area contributed by atoms with Gasteiger partial charge in [-0.1, -0.05) is 0 Å². The van der Waals surface area contributed by atoms with Gasteiger partial charge in [-0.2, -0.15) is 39.5 Å². The van der Waals surface area contributed by atoms with E-state index in [9.17, 15) is 48.3 Å². The molecule has 1 unspecified atom stereocenters. The Kier molecular flexibility index (Phi) is 4.43. The summed E-state index contributed by atoms with van der Waals surface area (Å²) in [6.45, 7) is -5.82. The highest BCUT2D eigenvalue weighted by molar-refractivity contribution is 5.09. The second kappa shape index (κ2) is 4.63. The van der Waals surface area contributed by atoms with Crippen molar-refractivity contribution in [2.45, 2.75) is 29.6 Å². The first-order chi connectivity index (χ1) is 8.12. The highest BCUT2D eigenvalue weighted by Crippen LogP contribution is 2.56. The van der Waals surface area contributed by atoms with Crippen molar-refractivity contribution in [3.05, 3.63) is 0 Å². The first kappa shape index (κ1) is 18.2. The molecule has 1 N–H and O–H groups in total. The number of aliphatic hydroxyl groups excluding tert-OH is 1. The van der Waals surface area contributed by atoms with Crippen molar-refractivity contribution in [3.8, 4) is 0 Å². The summed E-state index contributed by atoms with van der Waals surface area (Å²) < 4.78 is 135. The maximum Gasteiger partial charge on any atom is 0.460 e. The van der Waals surface area contributed by atoms with Crippen molar-refractivity contribution in [1.82, 2.24) is 0 Å². The van der Waals surface area contributed by atoms with Crippen LogP contribution in [0.25, 0.3) is 0 Å². The largest absolute Gasteiger partial charge is 0.460 e. The summed E-state index contributed by atoms with van der Waals surface area (Å²) in [7, 11) is 0. The van der Waals surface area contributed by atoms with Crippen LogP contribution in [0.2, 0.25) is 0 Å². The van der Waals surface area contributed by atoms with Gasteiger partial charge >= 0.3 is 23.9 Å². The van der Waals surface area contributed by atoms with Crippen LogP contribution < -0.4 is 0 Å². The lowest BCUT2D eigenvalue weighted by atomic mass is 9.90. The number of aliphatic hydroxyl groups is 1. The maximum absolute atomic E-state index is 12.9. The quantitative estimate of drug-likeness (QED) is 0.773. The summed E-state index contributed by atoms with van der Waals surface area (Å²) in [4.78, 5) is 0. The molecule has 0 fully saturated rings. The number of rotatable bonds is 5. The number of hydrogen-bond donors (Lipinski definition) is 1. The molecule has 19 heavy (non-hydrogen) atoms. The molecule has 0 aromatic heterocycles. The van der Waals surface area contributed by atoms with E-state index in [0.29, 0.717) is 0 Å². The van der Waals surface area contributed by atoms with E-state index in [0.717, 1.165) is 0 Å².